The number of hydrogen-bond acceptors (Lipinski definition) is 2. The van der Waals surface area contributed by atoms with Crippen LogP contribution in [0.5, 0.6) is 0 Å². The summed E-state index contributed by atoms with van der Waals surface area (Å²) in [6.45, 7) is 4.44. The Labute approximate surface area is 112 Å². The van der Waals surface area contributed by atoms with Gasteiger partial charge in [0.25, 0.3) is 0 Å². The van der Waals surface area contributed by atoms with E-state index in [9.17, 15) is 5.11 Å². The molecule has 2 nitrogen and oxygen atoms in total. The first kappa shape index (κ1) is 13.0. The molecule has 0 aromatic carbocycles. The highest BCUT2D eigenvalue weighted by molar-refractivity contribution is 9.10. The lowest BCUT2D eigenvalue weighted by Crippen LogP contribution is -2.43. The first-order valence-corrected chi connectivity index (χ1v) is 7.11. The number of hydrogen-bond donors (Lipinski definition) is 1. The summed E-state index contributed by atoms with van der Waals surface area (Å²) in [7, 11) is 0. The van der Waals surface area contributed by atoms with E-state index in [1.807, 2.05) is 6.20 Å². The zero-order valence-corrected chi connectivity index (χ0v) is 12.1. The lowest BCUT2D eigenvalue weighted by Gasteiger charge is -2.40. The molecule has 2 rings (SSSR count). The second kappa shape index (κ2) is 5.07. The fourth-order valence-electron chi connectivity index (χ4n) is 2.85. The predicted octanol–water partition coefficient (Wildman–Crippen LogP) is 3.57. The van der Waals surface area contributed by atoms with Gasteiger partial charge in [0.05, 0.1) is 5.60 Å². The molecule has 17 heavy (non-hydrogen) atoms. The van der Waals surface area contributed by atoms with Gasteiger partial charge in [0.2, 0.25) is 0 Å². The number of aliphatic hydroxyl groups is 1. The van der Waals surface area contributed by atoms with Crippen molar-refractivity contribution in [2.75, 3.05) is 0 Å². The fourth-order valence-corrected chi connectivity index (χ4v) is 3.26. The Hall–Kier alpha value is -0.410. The van der Waals surface area contributed by atoms with Crippen molar-refractivity contribution in [3.05, 3.63) is 28.5 Å². The molecule has 1 fully saturated rings. The van der Waals surface area contributed by atoms with Gasteiger partial charge in [-0.1, -0.05) is 13.8 Å². The molecule has 0 bridgehead atoms. The molecule has 1 aliphatic carbocycles. The van der Waals surface area contributed by atoms with Gasteiger partial charge in [-0.3, -0.25) is 4.98 Å². The summed E-state index contributed by atoms with van der Waals surface area (Å²) in [4.78, 5) is 4.16. The maximum absolute atomic E-state index is 10.8. The van der Waals surface area contributed by atoms with Crippen molar-refractivity contribution >= 4 is 15.9 Å². The third-order valence-electron chi connectivity index (χ3n) is 4.02. The van der Waals surface area contributed by atoms with Crippen molar-refractivity contribution in [1.29, 1.82) is 0 Å². The summed E-state index contributed by atoms with van der Waals surface area (Å²) < 4.78 is 0.982. The summed E-state index contributed by atoms with van der Waals surface area (Å²) in [6, 6.07) is 2.05. The molecule has 1 aromatic rings. The third-order valence-corrected chi connectivity index (χ3v) is 4.45. The largest absolute Gasteiger partial charge is 0.389 e. The zero-order valence-electron chi connectivity index (χ0n) is 10.5. The molecular formula is C14H20BrNO. The van der Waals surface area contributed by atoms with Crippen molar-refractivity contribution in [3.63, 3.8) is 0 Å². The molecular weight excluding hydrogens is 278 g/mol. The first-order chi connectivity index (χ1) is 7.99. The Morgan fingerprint density at radius 1 is 1.47 bits per heavy atom. The number of halogens is 1. The van der Waals surface area contributed by atoms with Gasteiger partial charge in [-0.25, -0.2) is 0 Å². The molecule has 0 amide bonds. The molecule has 1 saturated carbocycles. The van der Waals surface area contributed by atoms with Gasteiger partial charge in [0.15, 0.2) is 0 Å². The van der Waals surface area contributed by atoms with Crippen LogP contribution in [-0.4, -0.2) is 15.7 Å². The van der Waals surface area contributed by atoms with E-state index in [-0.39, 0.29) is 0 Å². The molecule has 3 heteroatoms. The molecule has 1 aliphatic rings. The maximum Gasteiger partial charge on any atom is 0.0714 e. The Kier molecular flexibility index (Phi) is 3.88. The molecule has 3 atom stereocenters. The van der Waals surface area contributed by atoms with E-state index in [0.717, 1.165) is 35.2 Å². The molecule has 0 radical (unpaired) electrons. The van der Waals surface area contributed by atoms with Crippen LogP contribution in [0.15, 0.2) is 22.9 Å². The van der Waals surface area contributed by atoms with Crippen LogP contribution in [0, 0.1) is 11.8 Å². The second-order valence-corrected chi connectivity index (χ2v) is 6.49. The summed E-state index contributed by atoms with van der Waals surface area (Å²) >= 11 is 3.43. The molecule has 3 unspecified atom stereocenters. The minimum atomic E-state index is -0.547. The van der Waals surface area contributed by atoms with Gasteiger partial charge in [0, 0.05) is 23.3 Å². The van der Waals surface area contributed by atoms with Crippen molar-refractivity contribution in [1.82, 2.24) is 4.98 Å². The maximum atomic E-state index is 10.8. The van der Waals surface area contributed by atoms with Gasteiger partial charge in [-0.05, 0) is 58.7 Å². The SMILES string of the molecule is CC1CCC(O)(Cc2cncc(Br)c2)C(C)C1. The van der Waals surface area contributed by atoms with Crippen LogP contribution in [0.2, 0.25) is 0 Å². The standard InChI is InChI=1S/C14H20BrNO/c1-10-3-4-14(17,11(2)5-10)7-12-6-13(15)9-16-8-12/h6,8-11,17H,3-5,7H2,1-2H3. The Bertz CT molecular complexity index is 396. The summed E-state index contributed by atoms with van der Waals surface area (Å²) in [5, 5.41) is 10.8. The predicted molar refractivity (Wildman–Crippen MR) is 72.8 cm³/mol. The monoisotopic (exact) mass is 297 g/mol. The highest BCUT2D eigenvalue weighted by Gasteiger charge is 2.38. The molecule has 0 aliphatic heterocycles. The summed E-state index contributed by atoms with van der Waals surface area (Å²) in [5.74, 6) is 1.11. The van der Waals surface area contributed by atoms with E-state index in [0.29, 0.717) is 12.3 Å². The van der Waals surface area contributed by atoms with Crippen molar-refractivity contribution < 1.29 is 5.11 Å². The van der Waals surface area contributed by atoms with Gasteiger partial charge in [0.1, 0.15) is 0 Å². The van der Waals surface area contributed by atoms with E-state index in [2.05, 4.69) is 40.8 Å². The Balaban J connectivity index is 2.11. The van der Waals surface area contributed by atoms with Gasteiger partial charge in [-0.2, -0.15) is 0 Å². The van der Waals surface area contributed by atoms with Gasteiger partial charge in [-0.15, -0.1) is 0 Å². The van der Waals surface area contributed by atoms with E-state index in [1.165, 1.54) is 0 Å². The normalized spacial score (nSPS) is 33.6. The minimum absolute atomic E-state index is 0.366. The first-order valence-electron chi connectivity index (χ1n) is 6.31. The lowest BCUT2D eigenvalue weighted by molar-refractivity contribution is -0.0522. The average molecular weight is 298 g/mol. The van der Waals surface area contributed by atoms with Crippen molar-refractivity contribution in [2.45, 2.75) is 45.1 Å². The smallest absolute Gasteiger partial charge is 0.0714 e. The Morgan fingerprint density at radius 2 is 2.24 bits per heavy atom. The topological polar surface area (TPSA) is 33.1 Å². The van der Waals surface area contributed by atoms with E-state index >= 15 is 0 Å². The number of pyridine rings is 1. The molecule has 0 saturated heterocycles. The quantitative estimate of drug-likeness (QED) is 0.905. The van der Waals surface area contributed by atoms with Crippen molar-refractivity contribution in [2.24, 2.45) is 11.8 Å². The van der Waals surface area contributed by atoms with Crippen LogP contribution < -0.4 is 0 Å². The number of aromatic nitrogens is 1. The number of nitrogens with zero attached hydrogens (tertiary/aromatic N) is 1. The van der Waals surface area contributed by atoms with E-state index in [4.69, 9.17) is 0 Å². The van der Waals surface area contributed by atoms with Crippen LogP contribution in [0.3, 0.4) is 0 Å². The summed E-state index contributed by atoms with van der Waals surface area (Å²) in [6.07, 6.45) is 7.50. The van der Waals surface area contributed by atoms with E-state index < -0.39 is 5.60 Å². The van der Waals surface area contributed by atoms with Crippen LogP contribution in [0.25, 0.3) is 0 Å². The van der Waals surface area contributed by atoms with Crippen LogP contribution in [-0.2, 0) is 6.42 Å². The Morgan fingerprint density at radius 3 is 2.88 bits per heavy atom. The van der Waals surface area contributed by atoms with Crippen LogP contribution in [0.4, 0.5) is 0 Å². The molecule has 94 valence electrons. The fraction of sp³-hybridized carbons (Fsp3) is 0.643. The average Bonchev–Trinajstić information content (AvgIpc) is 2.25. The van der Waals surface area contributed by atoms with Crippen LogP contribution in [0.1, 0.15) is 38.7 Å². The van der Waals surface area contributed by atoms with Gasteiger partial charge < -0.3 is 5.11 Å². The zero-order chi connectivity index (χ0) is 12.5. The minimum Gasteiger partial charge on any atom is -0.389 e. The second-order valence-electron chi connectivity index (χ2n) is 5.57. The lowest BCUT2D eigenvalue weighted by atomic mass is 9.70. The van der Waals surface area contributed by atoms with Crippen LogP contribution >= 0.6 is 15.9 Å². The highest BCUT2D eigenvalue weighted by Crippen LogP contribution is 2.38. The molecule has 1 N–H and O–H groups in total. The number of rotatable bonds is 2. The third kappa shape index (κ3) is 3.08. The van der Waals surface area contributed by atoms with Crippen molar-refractivity contribution in [3.8, 4) is 0 Å². The molecule has 0 spiro atoms. The molecule has 1 aromatic heterocycles. The molecule has 1 heterocycles. The summed E-state index contributed by atoms with van der Waals surface area (Å²) in [5.41, 5.74) is 0.568. The van der Waals surface area contributed by atoms with E-state index in [1.54, 1.807) is 6.20 Å². The highest BCUT2D eigenvalue weighted by atomic mass is 79.9. The van der Waals surface area contributed by atoms with Gasteiger partial charge >= 0.3 is 0 Å².